The molecule has 0 N–H and O–H groups in total. The van der Waals surface area contributed by atoms with Crippen molar-refractivity contribution in [3.05, 3.63) is 35.4 Å². The van der Waals surface area contributed by atoms with Crippen LogP contribution >= 0.6 is 0 Å². The Hall–Kier alpha value is -1.15. The van der Waals surface area contributed by atoms with Gasteiger partial charge in [0.1, 0.15) is 6.29 Å². The van der Waals surface area contributed by atoms with Gasteiger partial charge in [0.2, 0.25) is 0 Å². The summed E-state index contributed by atoms with van der Waals surface area (Å²) in [6, 6.07) is 8.81. The molecule has 104 valence electrons. The van der Waals surface area contributed by atoms with E-state index in [1.165, 1.54) is 50.0 Å². The maximum absolute atomic E-state index is 10.5. The van der Waals surface area contributed by atoms with Crippen LogP contribution in [0.25, 0.3) is 0 Å². The smallest absolute Gasteiger partial charge is 0.120 e. The van der Waals surface area contributed by atoms with Crippen molar-refractivity contribution < 1.29 is 4.79 Å². The highest BCUT2D eigenvalue weighted by molar-refractivity contribution is 5.51. The van der Waals surface area contributed by atoms with Crippen LogP contribution in [0.3, 0.4) is 0 Å². The van der Waals surface area contributed by atoms with Crippen molar-refractivity contribution in [3.8, 4) is 0 Å². The molecule has 0 aliphatic carbocycles. The van der Waals surface area contributed by atoms with Crippen LogP contribution in [0.1, 0.15) is 49.7 Å². The van der Waals surface area contributed by atoms with Gasteiger partial charge in [-0.3, -0.25) is 0 Å². The number of nitrogens with zero attached hydrogens (tertiary/aromatic N) is 1. The van der Waals surface area contributed by atoms with Gasteiger partial charge in [-0.1, -0.05) is 37.6 Å². The molecule has 1 heterocycles. The molecule has 2 nitrogen and oxygen atoms in total. The van der Waals surface area contributed by atoms with E-state index in [4.69, 9.17) is 0 Å². The Morgan fingerprint density at radius 2 is 1.84 bits per heavy atom. The van der Waals surface area contributed by atoms with Crippen LogP contribution in [0, 0.1) is 0 Å². The Morgan fingerprint density at radius 3 is 2.47 bits per heavy atom. The second-order valence-corrected chi connectivity index (χ2v) is 5.70. The zero-order valence-corrected chi connectivity index (χ0v) is 12.0. The number of benzene rings is 1. The quantitative estimate of drug-likeness (QED) is 0.730. The molecular weight excluding hydrogens is 234 g/mol. The molecule has 19 heavy (non-hydrogen) atoms. The number of carbonyl (C=O) groups is 1. The van der Waals surface area contributed by atoms with Crippen LogP contribution in [0.15, 0.2) is 24.3 Å². The lowest BCUT2D eigenvalue weighted by Gasteiger charge is -2.26. The van der Waals surface area contributed by atoms with E-state index in [1.54, 1.807) is 0 Å². The second-order valence-electron chi connectivity index (χ2n) is 5.70. The van der Waals surface area contributed by atoms with Crippen molar-refractivity contribution in [1.29, 1.82) is 0 Å². The highest BCUT2D eigenvalue weighted by Gasteiger charge is 2.10. The van der Waals surface area contributed by atoms with E-state index >= 15 is 0 Å². The molecule has 1 atom stereocenters. The number of hydrogen-bond acceptors (Lipinski definition) is 2. The van der Waals surface area contributed by atoms with Gasteiger partial charge >= 0.3 is 0 Å². The molecule has 1 aliphatic heterocycles. The third kappa shape index (κ3) is 4.46. The largest absolute Gasteiger partial charge is 0.303 e. The summed E-state index contributed by atoms with van der Waals surface area (Å²) < 4.78 is 0. The van der Waals surface area contributed by atoms with Gasteiger partial charge in [-0.15, -0.1) is 0 Å². The second kappa shape index (κ2) is 7.44. The number of piperidine rings is 1. The first-order valence-corrected chi connectivity index (χ1v) is 7.54. The molecule has 2 rings (SSSR count). The number of rotatable bonds is 6. The minimum atomic E-state index is 0.341. The fourth-order valence-corrected chi connectivity index (χ4v) is 2.76. The Kier molecular flexibility index (Phi) is 5.59. The summed E-state index contributed by atoms with van der Waals surface area (Å²) >= 11 is 0. The summed E-state index contributed by atoms with van der Waals surface area (Å²) in [7, 11) is 0. The van der Waals surface area contributed by atoms with E-state index in [-0.39, 0.29) is 0 Å². The minimum Gasteiger partial charge on any atom is -0.303 e. The molecule has 2 heteroatoms. The molecular formula is C17H25NO. The Morgan fingerprint density at radius 1 is 1.16 bits per heavy atom. The van der Waals surface area contributed by atoms with Gasteiger partial charge in [0, 0.05) is 13.0 Å². The SMILES string of the molecule is CC(CC=O)c1ccc(CCN2CCCCC2)cc1. The van der Waals surface area contributed by atoms with E-state index < -0.39 is 0 Å². The van der Waals surface area contributed by atoms with Crippen molar-refractivity contribution in [2.75, 3.05) is 19.6 Å². The van der Waals surface area contributed by atoms with E-state index in [0.717, 1.165) is 12.7 Å². The third-order valence-electron chi connectivity index (χ3n) is 4.16. The van der Waals surface area contributed by atoms with Crippen LogP contribution < -0.4 is 0 Å². The van der Waals surface area contributed by atoms with Gasteiger partial charge in [-0.2, -0.15) is 0 Å². The maximum Gasteiger partial charge on any atom is 0.120 e. The summed E-state index contributed by atoms with van der Waals surface area (Å²) in [4.78, 5) is 13.1. The highest BCUT2D eigenvalue weighted by atomic mass is 16.1. The van der Waals surface area contributed by atoms with Crippen molar-refractivity contribution >= 4 is 6.29 Å². The van der Waals surface area contributed by atoms with E-state index in [0.29, 0.717) is 12.3 Å². The molecule has 0 saturated carbocycles. The van der Waals surface area contributed by atoms with Crippen molar-refractivity contribution in [2.45, 2.75) is 44.9 Å². The van der Waals surface area contributed by atoms with Crippen LogP contribution in [0.5, 0.6) is 0 Å². The fraction of sp³-hybridized carbons (Fsp3) is 0.588. The first kappa shape index (κ1) is 14.3. The lowest BCUT2D eigenvalue weighted by Crippen LogP contribution is -2.31. The highest BCUT2D eigenvalue weighted by Crippen LogP contribution is 2.18. The van der Waals surface area contributed by atoms with E-state index in [9.17, 15) is 4.79 Å². The van der Waals surface area contributed by atoms with Crippen LogP contribution in [-0.2, 0) is 11.2 Å². The van der Waals surface area contributed by atoms with Gasteiger partial charge < -0.3 is 9.69 Å². The molecule has 1 saturated heterocycles. The molecule has 0 aromatic heterocycles. The van der Waals surface area contributed by atoms with E-state index in [1.807, 2.05) is 0 Å². The summed E-state index contributed by atoms with van der Waals surface area (Å²) in [6.45, 7) is 5.84. The zero-order valence-electron chi connectivity index (χ0n) is 12.0. The lowest BCUT2D eigenvalue weighted by atomic mass is 9.97. The monoisotopic (exact) mass is 259 g/mol. The van der Waals surface area contributed by atoms with Gasteiger partial charge in [0.05, 0.1) is 0 Å². The predicted octanol–water partition coefficient (Wildman–Crippen LogP) is 3.41. The number of likely N-dealkylation sites (tertiary alicyclic amines) is 1. The normalized spacial score (nSPS) is 18.2. The van der Waals surface area contributed by atoms with E-state index in [2.05, 4.69) is 36.1 Å². The molecule has 0 bridgehead atoms. The van der Waals surface area contributed by atoms with Gasteiger partial charge in [0.15, 0.2) is 0 Å². The average Bonchev–Trinajstić information content (AvgIpc) is 2.47. The van der Waals surface area contributed by atoms with Crippen LogP contribution in [-0.4, -0.2) is 30.8 Å². The minimum absolute atomic E-state index is 0.341. The van der Waals surface area contributed by atoms with Crippen LogP contribution in [0.2, 0.25) is 0 Å². The number of aldehydes is 1. The number of hydrogen-bond donors (Lipinski definition) is 0. The number of carbonyl (C=O) groups excluding carboxylic acids is 1. The lowest BCUT2D eigenvalue weighted by molar-refractivity contribution is -0.108. The maximum atomic E-state index is 10.5. The molecule has 0 spiro atoms. The summed E-state index contributed by atoms with van der Waals surface area (Å²) in [5.74, 6) is 0.341. The summed E-state index contributed by atoms with van der Waals surface area (Å²) in [5.41, 5.74) is 2.68. The topological polar surface area (TPSA) is 20.3 Å². The molecule has 1 aliphatic rings. The molecule has 0 amide bonds. The van der Waals surface area contributed by atoms with Gasteiger partial charge in [0.25, 0.3) is 0 Å². The molecule has 1 fully saturated rings. The molecule has 1 unspecified atom stereocenters. The van der Waals surface area contributed by atoms with Crippen molar-refractivity contribution in [2.24, 2.45) is 0 Å². The predicted molar refractivity (Wildman–Crippen MR) is 79.5 cm³/mol. The first-order chi connectivity index (χ1) is 9.29. The standard InChI is InChI=1S/C17H25NO/c1-15(10-14-19)17-7-5-16(6-8-17)9-13-18-11-3-2-4-12-18/h5-8,14-15H,2-4,9-13H2,1H3. The van der Waals surface area contributed by atoms with Gasteiger partial charge in [-0.05, 0) is 49.4 Å². The Bertz CT molecular complexity index is 379. The molecule has 1 aromatic carbocycles. The molecule has 0 radical (unpaired) electrons. The zero-order chi connectivity index (χ0) is 13.5. The summed E-state index contributed by atoms with van der Waals surface area (Å²) in [6.07, 6.45) is 6.90. The third-order valence-corrected chi connectivity index (χ3v) is 4.16. The fourth-order valence-electron chi connectivity index (χ4n) is 2.76. The summed E-state index contributed by atoms with van der Waals surface area (Å²) in [5, 5.41) is 0. The van der Waals surface area contributed by atoms with Crippen molar-refractivity contribution in [3.63, 3.8) is 0 Å². The average molecular weight is 259 g/mol. The van der Waals surface area contributed by atoms with Crippen molar-refractivity contribution in [1.82, 2.24) is 4.90 Å². The Balaban J connectivity index is 1.82. The van der Waals surface area contributed by atoms with Crippen LogP contribution in [0.4, 0.5) is 0 Å². The molecule has 1 aromatic rings. The Labute approximate surface area is 116 Å². The first-order valence-electron chi connectivity index (χ1n) is 7.54. The van der Waals surface area contributed by atoms with Gasteiger partial charge in [-0.25, -0.2) is 0 Å².